The molecule has 2 amide bonds. The Morgan fingerprint density at radius 2 is 1.91 bits per heavy atom. The fourth-order valence-electron chi connectivity index (χ4n) is 4.76. The number of benzene rings is 1. The largest absolute Gasteiger partial charge is 0.396 e. The monoisotopic (exact) mass is 522 g/mol. The first-order valence-corrected chi connectivity index (χ1v) is 13.5. The van der Waals surface area contributed by atoms with Crippen LogP contribution in [0.25, 0.3) is 0 Å². The Morgan fingerprint density at radius 1 is 1.26 bits per heavy atom. The molecule has 1 aliphatic heterocycles. The van der Waals surface area contributed by atoms with Crippen molar-refractivity contribution in [3.63, 3.8) is 0 Å². The first-order chi connectivity index (χ1) is 16.4. The summed E-state index contributed by atoms with van der Waals surface area (Å²) >= 11 is 5.90. The summed E-state index contributed by atoms with van der Waals surface area (Å²) in [6, 6.07) is 7.14. The van der Waals surface area contributed by atoms with Crippen molar-refractivity contribution in [2.45, 2.75) is 55.6 Å². The number of aromatic nitrogens is 2. The van der Waals surface area contributed by atoms with Crippen molar-refractivity contribution in [3.8, 4) is 0 Å². The van der Waals surface area contributed by atoms with Gasteiger partial charge in [0.1, 0.15) is 5.69 Å². The molecule has 0 spiro atoms. The zero-order valence-electron chi connectivity index (χ0n) is 20.2. The third-order valence-corrected chi connectivity index (χ3v) is 10.7. The number of sulfone groups is 1. The van der Waals surface area contributed by atoms with E-state index in [1.165, 1.54) is 4.68 Å². The molecule has 35 heavy (non-hydrogen) atoms. The summed E-state index contributed by atoms with van der Waals surface area (Å²) in [7, 11) is -1.98. The molecule has 2 N–H and O–H groups in total. The van der Waals surface area contributed by atoms with Gasteiger partial charge in [0.05, 0.1) is 9.49 Å². The van der Waals surface area contributed by atoms with Crippen LogP contribution in [-0.4, -0.2) is 69.2 Å². The quantitative estimate of drug-likeness (QED) is 0.520. The van der Waals surface area contributed by atoms with Gasteiger partial charge in [0, 0.05) is 43.9 Å². The number of carbonyl (C=O) groups is 2. The number of aliphatic hydroxyl groups excluding tert-OH is 1. The molecule has 9 nitrogen and oxygen atoms in total. The maximum absolute atomic E-state index is 13.4. The van der Waals surface area contributed by atoms with Crippen LogP contribution in [0.1, 0.15) is 65.2 Å². The summed E-state index contributed by atoms with van der Waals surface area (Å²) in [5.74, 6) is -0.690. The molecule has 2 heterocycles. The zero-order chi connectivity index (χ0) is 25.6. The van der Waals surface area contributed by atoms with Gasteiger partial charge >= 0.3 is 0 Å². The van der Waals surface area contributed by atoms with Gasteiger partial charge in [0.25, 0.3) is 11.8 Å². The van der Waals surface area contributed by atoms with E-state index in [4.69, 9.17) is 11.6 Å². The lowest BCUT2D eigenvalue weighted by molar-refractivity contribution is 0.0724. The van der Waals surface area contributed by atoms with E-state index in [-0.39, 0.29) is 37.1 Å². The van der Waals surface area contributed by atoms with Crippen molar-refractivity contribution in [2.75, 3.05) is 19.7 Å². The second kappa shape index (κ2) is 9.22. The minimum Gasteiger partial charge on any atom is -0.396 e. The molecule has 1 aliphatic carbocycles. The number of rotatable bonds is 9. The second-order valence-electron chi connectivity index (χ2n) is 10.0. The fourth-order valence-corrected chi connectivity index (χ4v) is 7.38. The number of amides is 2. The highest BCUT2D eigenvalue weighted by molar-refractivity contribution is 7.94. The van der Waals surface area contributed by atoms with Gasteiger partial charge in [-0.2, -0.15) is 5.10 Å². The van der Waals surface area contributed by atoms with E-state index < -0.39 is 19.3 Å². The van der Waals surface area contributed by atoms with Crippen LogP contribution in [-0.2, 0) is 29.9 Å². The molecule has 1 aromatic heterocycles. The highest BCUT2D eigenvalue weighted by Gasteiger charge is 2.60. The van der Waals surface area contributed by atoms with Gasteiger partial charge < -0.3 is 15.3 Å². The third kappa shape index (κ3) is 4.59. The second-order valence-corrected chi connectivity index (χ2v) is 13.4. The number of aryl methyl sites for hydroxylation is 1. The van der Waals surface area contributed by atoms with Crippen LogP contribution >= 0.6 is 11.6 Å². The van der Waals surface area contributed by atoms with Crippen LogP contribution in [0.2, 0.25) is 5.02 Å². The van der Waals surface area contributed by atoms with E-state index in [0.29, 0.717) is 48.6 Å². The van der Waals surface area contributed by atoms with Crippen molar-refractivity contribution in [3.05, 3.63) is 51.8 Å². The van der Waals surface area contributed by atoms with E-state index in [1.54, 1.807) is 37.9 Å². The molecule has 0 unspecified atom stereocenters. The van der Waals surface area contributed by atoms with Crippen molar-refractivity contribution in [1.82, 2.24) is 20.0 Å². The van der Waals surface area contributed by atoms with Crippen molar-refractivity contribution >= 4 is 33.3 Å². The van der Waals surface area contributed by atoms with Gasteiger partial charge in [-0.05, 0) is 57.2 Å². The smallest absolute Gasteiger partial charge is 0.272 e. The molecule has 11 heteroatoms. The summed E-state index contributed by atoms with van der Waals surface area (Å²) in [5.41, 5.74) is 1.99. The van der Waals surface area contributed by atoms with Crippen LogP contribution in [0, 0.1) is 0 Å². The van der Waals surface area contributed by atoms with Gasteiger partial charge in [-0.15, -0.1) is 0 Å². The molecule has 4 rings (SSSR count). The minimum atomic E-state index is -3.59. The summed E-state index contributed by atoms with van der Waals surface area (Å²) in [6.07, 6.45) is 1.54. The highest BCUT2D eigenvalue weighted by Crippen LogP contribution is 2.50. The number of aliphatic hydroxyl groups is 1. The number of fused-ring (bicyclic) bond motifs is 1. The Kier molecular flexibility index (Phi) is 6.76. The van der Waals surface area contributed by atoms with E-state index in [9.17, 15) is 23.1 Å². The van der Waals surface area contributed by atoms with Crippen LogP contribution in [0.15, 0.2) is 24.3 Å². The molecule has 2 aliphatic rings. The summed E-state index contributed by atoms with van der Waals surface area (Å²) in [4.78, 5) is 27.8. The van der Waals surface area contributed by atoms with E-state index in [0.717, 1.165) is 5.56 Å². The Hall–Kier alpha value is -2.43. The topological polar surface area (TPSA) is 122 Å². The minimum absolute atomic E-state index is 0.103. The zero-order valence-corrected chi connectivity index (χ0v) is 21.7. The Bertz CT molecular complexity index is 1250. The van der Waals surface area contributed by atoms with Gasteiger partial charge in [-0.1, -0.05) is 23.7 Å². The van der Waals surface area contributed by atoms with Gasteiger partial charge in [-0.3, -0.25) is 14.3 Å². The number of nitrogens with one attached hydrogen (secondary N) is 1. The van der Waals surface area contributed by atoms with Crippen LogP contribution < -0.4 is 5.32 Å². The molecular formula is C24H31ClN4O5S. The molecule has 2 aromatic rings. The molecule has 1 saturated carbocycles. The predicted octanol–water partition coefficient (Wildman–Crippen LogP) is 2.11. The Balaban J connectivity index is 1.50. The van der Waals surface area contributed by atoms with Crippen LogP contribution in [0.4, 0.5) is 0 Å². The standard InChI is InChI=1S/C24H31ClN4O5S/c1-23(2,11-13-30)35(33,34)24(9-10-24)15-29-12-8-18-19(27-28(3)20(18)22(29)32)21(31)26-14-16-4-6-17(25)7-5-16/h4-7,30H,8-15H2,1-3H3,(H,26,31). The Morgan fingerprint density at radius 3 is 2.51 bits per heavy atom. The first-order valence-electron chi connectivity index (χ1n) is 11.7. The summed E-state index contributed by atoms with van der Waals surface area (Å²) < 4.78 is 26.1. The third-order valence-electron chi connectivity index (χ3n) is 7.15. The molecule has 0 atom stereocenters. The SMILES string of the molecule is Cn1nc(C(=O)NCc2ccc(Cl)cc2)c2c1C(=O)N(CC1(S(=O)(=O)C(C)(C)CCO)CC1)CC2. The van der Waals surface area contributed by atoms with Crippen molar-refractivity contribution in [2.24, 2.45) is 7.05 Å². The number of carbonyl (C=O) groups excluding carboxylic acids is 2. The average molecular weight is 523 g/mol. The predicted molar refractivity (Wildman–Crippen MR) is 132 cm³/mol. The van der Waals surface area contributed by atoms with E-state index in [1.807, 2.05) is 12.1 Å². The lowest BCUT2D eigenvalue weighted by atomic mass is 10.0. The molecule has 190 valence electrons. The van der Waals surface area contributed by atoms with Crippen LogP contribution in [0.5, 0.6) is 0 Å². The number of nitrogens with zero attached hydrogens (tertiary/aromatic N) is 3. The molecule has 1 aromatic carbocycles. The van der Waals surface area contributed by atoms with Crippen LogP contribution in [0.3, 0.4) is 0 Å². The lowest BCUT2D eigenvalue weighted by Gasteiger charge is -2.35. The number of hydrogen-bond donors (Lipinski definition) is 2. The summed E-state index contributed by atoms with van der Waals surface area (Å²) in [5, 5.41) is 17.1. The normalized spacial score (nSPS) is 17.3. The highest BCUT2D eigenvalue weighted by atomic mass is 35.5. The maximum atomic E-state index is 13.4. The maximum Gasteiger partial charge on any atom is 0.272 e. The van der Waals surface area contributed by atoms with Gasteiger partial charge in [0.2, 0.25) is 0 Å². The first kappa shape index (κ1) is 25.7. The number of halogens is 1. The molecule has 1 fully saturated rings. The van der Waals surface area contributed by atoms with E-state index in [2.05, 4.69) is 10.4 Å². The van der Waals surface area contributed by atoms with Crippen molar-refractivity contribution in [1.29, 1.82) is 0 Å². The molecular weight excluding hydrogens is 492 g/mol. The molecule has 0 bridgehead atoms. The Labute approximate surface area is 210 Å². The van der Waals surface area contributed by atoms with Gasteiger partial charge in [0.15, 0.2) is 15.5 Å². The number of hydrogen-bond acceptors (Lipinski definition) is 6. The fraction of sp³-hybridized carbons (Fsp3) is 0.542. The van der Waals surface area contributed by atoms with Gasteiger partial charge in [-0.25, -0.2) is 8.42 Å². The lowest BCUT2D eigenvalue weighted by Crippen LogP contribution is -2.50. The van der Waals surface area contributed by atoms with Crippen molar-refractivity contribution < 1.29 is 23.1 Å². The molecule has 0 saturated heterocycles. The summed E-state index contributed by atoms with van der Waals surface area (Å²) in [6.45, 7) is 3.76. The average Bonchev–Trinajstić information content (AvgIpc) is 3.51. The molecule has 0 radical (unpaired) electrons. The van der Waals surface area contributed by atoms with E-state index >= 15 is 0 Å².